The molecule has 0 radical (unpaired) electrons. The third-order valence-electron chi connectivity index (χ3n) is 3.37. The number of nitrogens with one attached hydrogen (secondary N) is 1. The average Bonchev–Trinajstić information content (AvgIpc) is 2.53. The Morgan fingerprint density at radius 3 is 2.55 bits per heavy atom. The summed E-state index contributed by atoms with van der Waals surface area (Å²) in [6, 6.07) is 12.7. The van der Waals surface area contributed by atoms with Crippen LogP contribution in [0.4, 0.5) is 11.4 Å². The summed E-state index contributed by atoms with van der Waals surface area (Å²) in [6.07, 6.45) is 0. The zero-order valence-corrected chi connectivity index (χ0v) is 11.4. The molecule has 2 aromatic carbocycles. The molecule has 0 aliphatic carbocycles. The van der Waals surface area contributed by atoms with Gasteiger partial charge in [-0.1, -0.05) is 18.2 Å². The Labute approximate surface area is 126 Å². The van der Waals surface area contributed by atoms with Gasteiger partial charge in [0.05, 0.1) is 16.9 Å². The molecule has 0 bridgehead atoms. The van der Waals surface area contributed by atoms with Gasteiger partial charge in [0.2, 0.25) is 5.91 Å². The standard InChI is InChI=1S/C16H12N2O4/c19-14-9-18(13-7-2-1-6-12(13)17-14)15(20)10-4-3-5-11(8-10)16(21)22/h1-8H,9H2,(H,17,19)(H,21,22). The molecule has 110 valence electrons. The van der Waals surface area contributed by atoms with E-state index in [1.165, 1.54) is 29.2 Å². The van der Waals surface area contributed by atoms with Crippen LogP contribution >= 0.6 is 0 Å². The number of carbonyl (C=O) groups is 3. The van der Waals surface area contributed by atoms with Crippen LogP contribution in [0.2, 0.25) is 0 Å². The summed E-state index contributed by atoms with van der Waals surface area (Å²) in [4.78, 5) is 36.7. The van der Waals surface area contributed by atoms with E-state index in [1.54, 1.807) is 24.3 Å². The summed E-state index contributed by atoms with van der Waals surface area (Å²) >= 11 is 0. The van der Waals surface area contributed by atoms with Crippen molar-refractivity contribution in [2.45, 2.75) is 0 Å². The van der Waals surface area contributed by atoms with E-state index in [4.69, 9.17) is 5.11 Å². The van der Waals surface area contributed by atoms with Crippen LogP contribution in [0.3, 0.4) is 0 Å². The molecule has 0 saturated heterocycles. The molecule has 0 spiro atoms. The maximum atomic E-state index is 12.6. The van der Waals surface area contributed by atoms with Crippen LogP contribution in [0.25, 0.3) is 0 Å². The Balaban J connectivity index is 2.01. The topological polar surface area (TPSA) is 86.7 Å². The summed E-state index contributed by atoms with van der Waals surface area (Å²) < 4.78 is 0. The lowest BCUT2D eigenvalue weighted by Gasteiger charge is -2.29. The third-order valence-corrected chi connectivity index (χ3v) is 3.37. The van der Waals surface area contributed by atoms with Gasteiger partial charge in [-0.25, -0.2) is 4.79 Å². The van der Waals surface area contributed by atoms with Crippen molar-refractivity contribution in [2.75, 3.05) is 16.8 Å². The molecule has 1 heterocycles. The number of hydrogen-bond donors (Lipinski definition) is 2. The van der Waals surface area contributed by atoms with E-state index in [2.05, 4.69) is 5.32 Å². The van der Waals surface area contributed by atoms with E-state index < -0.39 is 11.9 Å². The second kappa shape index (κ2) is 5.33. The largest absolute Gasteiger partial charge is 0.478 e. The molecule has 3 rings (SSSR count). The van der Waals surface area contributed by atoms with Gasteiger partial charge in [0.15, 0.2) is 0 Å². The van der Waals surface area contributed by atoms with Gasteiger partial charge in [-0.05, 0) is 30.3 Å². The number of anilines is 2. The zero-order valence-electron chi connectivity index (χ0n) is 11.4. The van der Waals surface area contributed by atoms with Gasteiger partial charge in [-0.2, -0.15) is 0 Å². The number of carboxylic acid groups (broad SMARTS) is 1. The monoisotopic (exact) mass is 296 g/mol. The number of fused-ring (bicyclic) bond motifs is 1. The van der Waals surface area contributed by atoms with Crippen molar-refractivity contribution in [1.82, 2.24) is 0 Å². The second-order valence-corrected chi connectivity index (χ2v) is 4.84. The van der Waals surface area contributed by atoms with Crippen LogP contribution in [0, 0.1) is 0 Å². The molecule has 0 fully saturated rings. The van der Waals surface area contributed by atoms with Gasteiger partial charge in [0, 0.05) is 5.56 Å². The quantitative estimate of drug-likeness (QED) is 0.887. The summed E-state index contributed by atoms with van der Waals surface area (Å²) in [7, 11) is 0. The second-order valence-electron chi connectivity index (χ2n) is 4.84. The van der Waals surface area contributed by atoms with Crippen LogP contribution in [0.1, 0.15) is 20.7 Å². The van der Waals surface area contributed by atoms with E-state index in [0.717, 1.165) is 0 Å². The predicted molar refractivity (Wildman–Crippen MR) is 80.1 cm³/mol. The first kappa shape index (κ1) is 13.8. The van der Waals surface area contributed by atoms with Crippen LogP contribution in [-0.4, -0.2) is 29.4 Å². The molecular formula is C16H12N2O4. The molecule has 22 heavy (non-hydrogen) atoms. The number of aromatic carboxylic acids is 1. The highest BCUT2D eigenvalue weighted by atomic mass is 16.4. The number of nitrogens with zero attached hydrogens (tertiary/aromatic N) is 1. The van der Waals surface area contributed by atoms with Gasteiger partial charge < -0.3 is 10.4 Å². The first-order valence-corrected chi connectivity index (χ1v) is 6.60. The van der Waals surface area contributed by atoms with Gasteiger partial charge in [0.1, 0.15) is 6.54 Å². The molecule has 2 amide bonds. The van der Waals surface area contributed by atoms with Crippen LogP contribution < -0.4 is 10.2 Å². The number of amides is 2. The van der Waals surface area contributed by atoms with E-state index in [1.807, 2.05) is 0 Å². The molecule has 6 nitrogen and oxygen atoms in total. The summed E-state index contributed by atoms with van der Waals surface area (Å²) in [6.45, 7) is -0.104. The molecule has 2 aromatic rings. The van der Waals surface area contributed by atoms with Crippen LogP contribution in [-0.2, 0) is 4.79 Å². The maximum absolute atomic E-state index is 12.6. The van der Waals surface area contributed by atoms with Crippen molar-refractivity contribution >= 4 is 29.2 Å². The van der Waals surface area contributed by atoms with Crippen molar-refractivity contribution in [1.29, 1.82) is 0 Å². The minimum Gasteiger partial charge on any atom is -0.478 e. The van der Waals surface area contributed by atoms with E-state index in [0.29, 0.717) is 11.4 Å². The fraction of sp³-hybridized carbons (Fsp3) is 0.0625. The fourth-order valence-corrected chi connectivity index (χ4v) is 2.36. The minimum atomic E-state index is -1.11. The van der Waals surface area contributed by atoms with E-state index in [-0.39, 0.29) is 23.6 Å². The highest BCUT2D eigenvalue weighted by molar-refractivity contribution is 6.15. The Morgan fingerprint density at radius 1 is 1.05 bits per heavy atom. The van der Waals surface area contributed by atoms with E-state index >= 15 is 0 Å². The van der Waals surface area contributed by atoms with Crippen molar-refractivity contribution in [2.24, 2.45) is 0 Å². The molecule has 0 unspecified atom stereocenters. The molecule has 2 N–H and O–H groups in total. The Bertz CT molecular complexity index is 785. The van der Waals surface area contributed by atoms with Crippen molar-refractivity contribution in [3.05, 3.63) is 59.7 Å². The lowest BCUT2D eigenvalue weighted by Crippen LogP contribution is -2.42. The van der Waals surface area contributed by atoms with Crippen molar-refractivity contribution < 1.29 is 19.5 Å². The zero-order chi connectivity index (χ0) is 15.7. The Hall–Kier alpha value is -3.15. The van der Waals surface area contributed by atoms with Gasteiger partial charge in [0.25, 0.3) is 5.91 Å². The smallest absolute Gasteiger partial charge is 0.335 e. The van der Waals surface area contributed by atoms with Crippen molar-refractivity contribution in [3.8, 4) is 0 Å². The SMILES string of the molecule is O=C1CN(C(=O)c2cccc(C(=O)O)c2)c2ccccc2N1. The summed E-state index contributed by atoms with van der Waals surface area (Å²) in [5.74, 6) is -1.81. The first-order valence-electron chi connectivity index (χ1n) is 6.60. The number of para-hydroxylation sites is 2. The van der Waals surface area contributed by atoms with E-state index in [9.17, 15) is 14.4 Å². The van der Waals surface area contributed by atoms with Crippen LogP contribution in [0.15, 0.2) is 48.5 Å². The highest BCUT2D eigenvalue weighted by Gasteiger charge is 2.27. The van der Waals surface area contributed by atoms with Crippen molar-refractivity contribution in [3.63, 3.8) is 0 Å². The molecule has 1 aliphatic heterocycles. The Kier molecular flexibility index (Phi) is 3.34. The summed E-state index contributed by atoms with van der Waals surface area (Å²) in [5, 5.41) is 11.7. The lowest BCUT2D eigenvalue weighted by molar-refractivity contribution is -0.115. The summed E-state index contributed by atoms with van der Waals surface area (Å²) in [5.41, 5.74) is 1.40. The van der Waals surface area contributed by atoms with Gasteiger partial charge >= 0.3 is 5.97 Å². The molecule has 0 saturated carbocycles. The lowest BCUT2D eigenvalue weighted by atomic mass is 10.1. The number of rotatable bonds is 2. The van der Waals surface area contributed by atoms with Gasteiger partial charge in [-0.3, -0.25) is 14.5 Å². The van der Waals surface area contributed by atoms with Gasteiger partial charge in [-0.15, -0.1) is 0 Å². The fourth-order valence-electron chi connectivity index (χ4n) is 2.36. The number of carboxylic acids is 1. The Morgan fingerprint density at radius 2 is 1.77 bits per heavy atom. The maximum Gasteiger partial charge on any atom is 0.335 e. The highest BCUT2D eigenvalue weighted by Crippen LogP contribution is 2.30. The average molecular weight is 296 g/mol. The normalized spacial score (nSPS) is 13.3. The number of hydrogen-bond acceptors (Lipinski definition) is 3. The molecule has 0 aromatic heterocycles. The van der Waals surface area contributed by atoms with Crippen LogP contribution in [0.5, 0.6) is 0 Å². The molecule has 1 aliphatic rings. The molecule has 6 heteroatoms. The third kappa shape index (κ3) is 2.42. The number of benzene rings is 2. The predicted octanol–water partition coefficient (Wildman–Crippen LogP) is 1.98. The minimum absolute atomic E-state index is 0.0283. The first-order chi connectivity index (χ1) is 10.6. The molecular weight excluding hydrogens is 284 g/mol. The number of carbonyl (C=O) groups excluding carboxylic acids is 2. The molecule has 0 atom stereocenters.